The lowest BCUT2D eigenvalue weighted by Crippen LogP contribution is -2.40. The Morgan fingerprint density at radius 2 is 2.23 bits per heavy atom. The van der Waals surface area contributed by atoms with Crippen molar-refractivity contribution in [1.29, 1.82) is 0 Å². The molecule has 0 amide bonds. The molecule has 0 aromatic carbocycles. The molecule has 0 spiro atoms. The van der Waals surface area contributed by atoms with E-state index in [2.05, 4.69) is 27.4 Å². The minimum absolute atomic E-state index is 0.0112. The van der Waals surface area contributed by atoms with E-state index < -0.39 is 0 Å². The van der Waals surface area contributed by atoms with Gasteiger partial charge in [-0.1, -0.05) is 22.6 Å². The lowest BCUT2D eigenvalue weighted by Gasteiger charge is -2.33. The van der Waals surface area contributed by atoms with Gasteiger partial charge in [0.1, 0.15) is 0 Å². The quantitative estimate of drug-likeness (QED) is 0.287. The van der Waals surface area contributed by atoms with E-state index in [1.165, 1.54) is 7.11 Å². The van der Waals surface area contributed by atoms with E-state index in [1.54, 1.807) is 0 Å². The molecule has 0 aromatic rings. The van der Waals surface area contributed by atoms with Gasteiger partial charge in [0.25, 0.3) is 0 Å². The summed E-state index contributed by atoms with van der Waals surface area (Å²) < 4.78 is 18.1. The molecule has 2 rings (SSSR count). The molecule has 22 heavy (non-hydrogen) atoms. The van der Waals surface area contributed by atoms with Gasteiger partial charge >= 0.3 is 5.97 Å². The fourth-order valence-electron chi connectivity index (χ4n) is 3.39. The zero-order valence-electron chi connectivity index (χ0n) is 13.2. The van der Waals surface area contributed by atoms with Gasteiger partial charge in [-0.15, -0.1) is 0 Å². The van der Waals surface area contributed by atoms with Crippen LogP contribution >= 0.6 is 22.6 Å². The topological polar surface area (TPSA) is 49.1 Å². The summed E-state index contributed by atoms with van der Waals surface area (Å²) in [5.74, 6) is 0.136. The molecule has 124 valence electrons. The summed E-state index contributed by atoms with van der Waals surface area (Å²) in [6.07, 6.45) is 4.32. The first-order chi connectivity index (χ1) is 10.6. The summed E-state index contributed by atoms with van der Waals surface area (Å²) in [4.78, 5) is 14.9. The van der Waals surface area contributed by atoms with Crippen LogP contribution in [0.5, 0.6) is 0 Å². The molecule has 2 fully saturated rings. The van der Waals surface area contributed by atoms with Crippen LogP contribution in [0.1, 0.15) is 39.0 Å². The number of halogens is 1. The number of alkyl halides is 1. The highest BCUT2D eigenvalue weighted by atomic mass is 127. The molecule has 0 bridgehead atoms. The molecule has 2 heterocycles. The Kier molecular flexibility index (Phi) is 6.90. The molecular formula is C16H24INO4. The van der Waals surface area contributed by atoms with Crippen molar-refractivity contribution in [3.05, 3.63) is 11.4 Å². The number of methoxy groups -OCH3 is 1. The number of carbonyl (C=O) groups excluding carboxylic acids is 1. The molecule has 1 unspecified atom stereocenters. The molecule has 0 N–H and O–H groups in total. The van der Waals surface area contributed by atoms with Gasteiger partial charge in [0.05, 0.1) is 31.5 Å². The molecule has 2 aliphatic heterocycles. The molecule has 2 saturated heterocycles. The highest BCUT2D eigenvalue weighted by Crippen LogP contribution is 2.40. The summed E-state index contributed by atoms with van der Waals surface area (Å²) >= 11 is 2.38. The van der Waals surface area contributed by atoms with Gasteiger partial charge in [0.15, 0.2) is 0 Å². The lowest BCUT2D eigenvalue weighted by atomic mass is 9.90. The SMILES string of the molecule is [C-]#[N+][C@H](C)C[C@H]1CC[C@@H]2O[C@@H](CCC(=O)OC)[C@@H](CI)C2O1. The van der Waals surface area contributed by atoms with Crippen molar-refractivity contribution < 1.29 is 19.0 Å². The zero-order valence-corrected chi connectivity index (χ0v) is 15.3. The number of esters is 1. The first-order valence-corrected chi connectivity index (χ1v) is 9.41. The highest BCUT2D eigenvalue weighted by Gasteiger charge is 2.47. The second-order valence-corrected chi connectivity index (χ2v) is 7.04. The van der Waals surface area contributed by atoms with Crippen molar-refractivity contribution >= 4 is 28.6 Å². The maximum absolute atomic E-state index is 11.3. The Morgan fingerprint density at radius 3 is 2.86 bits per heavy atom. The summed E-state index contributed by atoms with van der Waals surface area (Å²) in [5, 5.41) is 0. The second kappa shape index (κ2) is 8.46. The number of fused-ring (bicyclic) bond motifs is 1. The van der Waals surface area contributed by atoms with Gasteiger partial charge in [0.2, 0.25) is 6.04 Å². The van der Waals surface area contributed by atoms with E-state index in [0.717, 1.165) is 23.7 Å². The van der Waals surface area contributed by atoms with Crippen molar-refractivity contribution in [3.8, 4) is 0 Å². The van der Waals surface area contributed by atoms with E-state index in [9.17, 15) is 4.79 Å². The average molecular weight is 421 g/mol. The number of hydrogen-bond acceptors (Lipinski definition) is 4. The lowest BCUT2D eigenvalue weighted by molar-refractivity contribution is -0.141. The zero-order chi connectivity index (χ0) is 16.1. The molecular weight excluding hydrogens is 397 g/mol. The summed E-state index contributed by atoms with van der Waals surface area (Å²) in [7, 11) is 1.42. The van der Waals surface area contributed by atoms with Crippen LogP contribution in [0.4, 0.5) is 0 Å². The summed E-state index contributed by atoms with van der Waals surface area (Å²) in [6.45, 7) is 9.04. The number of hydrogen-bond donors (Lipinski definition) is 0. The van der Waals surface area contributed by atoms with Crippen LogP contribution in [-0.2, 0) is 19.0 Å². The summed E-state index contributed by atoms with van der Waals surface area (Å²) in [5.41, 5.74) is 0. The molecule has 0 aromatic heterocycles. The third kappa shape index (κ3) is 4.33. The van der Waals surface area contributed by atoms with Crippen molar-refractivity contribution in [2.24, 2.45) is 5.92 Å². The third-order valence-electron chi connectivity index (χ3n) is 4.60. The van der Waals surface area contributed by atoms with E-state index in [1.807, 2.05) is 6.92 Å². The van der Waals surface area contributed by atoms with Crippen molar-refractivity contribution in [3.63, 3.8) is 0 Å². The largest absolute Gasteiger partial charge is 0.469 e. The number of ether oxygens (including phenoxy) is 3. The van der Waals surface area contributed by atoms with Crippen LogP contribution in [0.2, 0.25) is 0 Å². The number of carbonyl (C=O) groups is 1. The van der Waals surface area contributed by atoms with Gasteiger partial charge in [-0.3, -0.25) is 4.79 Å². The van der Waals surface area contributed by atoms with E-state index in [-0.39, 0.29) is 36.4 Å². The molecule has 2 aliphatic rings. The molecule has 0 saturated carbocycles. The van der Waals surface area contributed by atoms with E-state index >= 15 is 0 Å². The van der Waals surface area contributed by atoms with Crippen molar-refractivity contribution in [2.45, 2.75) is 69.5 Å². The number of nitrogens with zero attached hydrogens (tertiary/aromatic N) is 1. The van der Waals surface area contributed by atoms with Crippen LogP contribution < -0.4 is 0 Å². The van der Waals surface area contributed by atoms with Crippen molar-refractivity contribution in [2.75, 3.05) is 11.5 Å². The number of rotatable bonds is 6. The Bertz CT molecular complexity index is 425. The minimum atomic E-state index is -0.185. The van der Waals surface area contributed by atoms with Crippen LogP contribution in [-0.4, -0.2) is 48.0 Å². The first kappa shape index (κ1) is 18.0. The van der Waals surface area contributed by atoms with Crippen LogP contribution in [0.15, 0.2) is 0 Å². The van der Waals surface area contributed by atoms with Crippen LogP contribution in [0, 0.1) is 12.5 Å². The summed E-state index contributed by atoms with van der Waals surface area (Å²) in [6, 6.07) is 0.0112. The predicted octanol–water partition coefficient (Wildman–Crippen LogP) is 3.00. The van der Waals surface area contributed by atoms with E-state index in [0.29, 0.717) is 18.8 Å². The highest BCUT2D eigenvalue weighted by molar-refractivity contribution is 14.1. The molecule has 0 aliphatic carbocycles. The fraction of sp³-hybridized carbons (Fsp3) is 0.875. The van der Waals surface area contributed by atoms with Crippen molar-refractivity contribution in [1.82, 2.24) is 0 Å². The van der Waals surface area contributed by atoms with Crippen LogP contribution in [0.25, 0.3) is 4.85 Å². The smallest absolute Gasteiger partial charge is 0.305 e. The normalized spacial score (nSPS) is 35.5. The first-order valence-electron chi connectivity index (χ1n) is 7.89. The minimum Gasteiger partial charge on any atom is -0.469 e. The molecule has 6 atom stereocenters. The standard InChI is InChI=1S/C16H24INO4/c1-10(18-2)8-11-4-5-14-16(21-11)12(9-17)13(22-14)6-7-15(19)20-3/h10-14,16H,4-9H2,1,3H3/t10-,11-,12-,13+,14+,16?/m1/s1. The van der Waals surface area contributed by atoms with Gasteiger partial charge in [-0.05, 0) is 19.3 Å². The van der Waals surface area contributed by atoms with Gasteiger partial charge < -0.3 is 19.1 Å². The van der Waals surface area contributed by atoms with Gasteiger partial charge in [0, 0.05) is 30.1 Å². The maximum atomic E-state index is 11.3. The Hall–Kier alpha value is -0.390. The monoisotopic (exact) mass is 421 g/mol. The predicted molar refractivity (Wildman–Crippen MR) is 90.9 cm³/mol. The fourth-order valence-corrected chi connectivity index (χ4v) is 4.46. The molecule has 6 heteroatoms. The maximum Gasteiger partial charge on any atom is 0.305 e. The Balaban J connectivity index is 1.92. The van der Waals surface area contributed by atoms with E-state index in [4.69, 9.17) is 20.8 Å². The van der Waals surface area contributed by atoms with Crippen LogP contribution in [0.3, 0.4) is 0 Å². The Labute approximate surface area is 146 Å². The third-order valence-corrected chi connectivity index (χ3v) is 5.62. The molecule has 0 radical (unpaired) electrons. The molecule has 5 nitrogen and oxygen atoms in total. The Morgan fingerprint density at radius 1 is 1.45 bits per heavy atom. The average Bonchev–Trinajstić information content (AvgIpc) is 2.89. The second-order valence-electron chi connectivity index (χ2n) is 6.16. The van der Waals surface area contributed by atoms with Gasteiger partial charge in [-0.2, -0.15) is 0 Å². The van der Waals surface area contributed by atoms with Gasteiger partial charge in [-0.25, -0.2) is 6.57 Å².